The van der Waals surface area contributed by atoms with E-state index < -0.39 is 5.79 Å². The molecule has 4 nitrogen and oxygen atoms in total. The highest BCUT2D eigenvalue weighted by atomic mass is 16.7. The number of methoxy groups -OCH3 is 1. The topological polar surface area (TPSA) is 44.8 Å². The molecule has 0 aliphatic carbocycles. The molecule has 1 atom stereocenters. The molecule has 1 aliphatic rings. The Morgan fingerprint density at radius 1 is 1.20 bits per heavy atom. The van der Waals surface area contributed by atoms with Crippen LogP contribution >= 0.6 is 0 Å². The maximum atomic E-state index is 11.3. The second kappa shape index (κ2) is 5.09. The zero-order valence-electron chi connectivity index (χ0n) is 13.0. The number of hydrogen-bond donors (Lipinski definition) is 0. The van der Waals surface area contributed by atoms with Crippen molar-refractivity contribution in [3.8, 4) is 11.5 Å². The van der Waals surface area contributed by atoms with E-state index in [4.69, 9.17) is 14.2 Å². The molecule has 1 aromatic rings. The van der Waals surface area contributed by atoms with Gasteiger partial charge in [-0.1, -0.05) is 0 Å². The summed E-state index contributed by atoms with van der Waals surface area (Å²) in [7, 11) is 1.66. The summed E-state index contributed by atoms with van der Waals surface area (Å²) in [6.45, 7) is 9.28. The first kappa shape index (κ1) is 14.9. The molecule has 0 amide bonds. The third-order valence-electron chi connectivity index (χ3n) is 4.14. The van der Waals surface area contributed by atoms with Crippen molar-refractivity contribution in [2.45, 2.75) is 53.2 Å². The number of fused-ring (bicyclic) bond motifs is 1. The van der Waals surface area contributed by atoms with Crippen molar-refractivity contribution in [2.24, 2.45) is 0 Å². The molecule has 4 heteroatoms. The molecule has 1 heterocycles. The standard InChI is InChI=1S/C16H22O4/c1-9-10(2)15-13(7-8-16(5,18-6)20-15)11(3)14(9)19-12(4)17/h7-8H2,1-6H3. The quantitative estimate of drug-likeness (QED) is 0.615. The first-order valence-electron chi connectivity index (χ1n) is 6.84. The van der Waals surface area contributed by atoms with E-state index in [9.17, 15) is 4.79 Å². The Morgan fingerprint density at radius 2 is 1.85 bits per heavy atom. The molecule has 1 unspecified atom stereocenters. The third kappa shape index (κ3) is 2.40. The minimum atomic E-state index is -0.584. The van der Waals surface area contributed by atoms with E-state index in [2.05, 4.69) is 0 Å². The van der Waals surface area contributed by atoms with Crippen LogP contribution in [0.15, 0.2) is 0 Å². The fourth-order valence-corrected chi connectivity index (χ4v) is 2.65. The highest BCUT2D eigenvalue weighted by Crippen LogP contribution is 2.43. The number of carbonyl (C=O) groups excluding carboxylic acids is 1. The molecular weight excluding hydrogens is 256 g/mol. The van der Waals surface area contributed by atoms with Crippen molar-refractivity contribution >= 4 is 5.97 Å². The molecule has 0 bridgehead atoms. The van der Waals surface area contributed by atoms with Gasteiger partial charge in [-0.25, -0.2) is 0 Å². The Balaban J connectivity index is 2.57. The van der Waals surface area contributed by atoms with E-state index in [1.165, 1.54) is 6.92 Å². The van der Waals surface area contributed by atoms with Crippen molar-refractivity contribution < 1.29 is 19.0 Å². The Morgan fingerprint density at radius 3 is 2.40 bits per heavy atom. The van der Waals surface area contributed by atoms with Gasteiger partial charge < -0.3 is 14.2 Å². The van der Waals surface area contributed by atoms with Crippen LogP contribution in [0, 0.1) is 20.8 Å². The lowest BCUT2D eigenvalue weighted by molar-refractivity contribution is -0.160. The van der Waals surface area contributed by atoms with Crippen molar-refractivity contribution in [1.82, 2.24) is 0 Å². The first-order chi connectivity index (χ1) is 9.29. The van der Waals surface area contributed by atoms with Gasteiger partial charge in [-0.05, 0) is 43.9 Å². The lowest BCUT2D eigenvalue weighted by atomic mass is 9.91. The van der Waals surface area contributed by atoms with E-state index in [1.54, 1.807) is 7.11 Å². The van der Waals surface area contributed by atoms with E-state index in [0.717, 1.165) is 40.8 Å². The van der Waals surface area contributed by atoms with Crippen LogP contribution in [0.5, 0.6) is 11.5 Å². The van der Waals surface area contributed by atoms with Crippen LogP contribution in [0.2, 0.25) is 0 Å². The predicted molar refractivity (Wildman–Crippen MR) is 76.3 cm³/mol. The second-order valence-corrected chi connectivity index (χ2v) is 5.55. The summed E-state index contributed by atoms with van der Waals surface area (Å²) in [5.74, 6) is 0.651. The number of carbonyl (C=O) groups is 1. The predicted octanol–water partition coefficient (Wildman–Crippen LogP) is 3.22. The van der Waals surface area contributed by atoms with Gasteiger partial charge in [-0.2, -0.15) is 0 Å². The maximum Gasteiger partial charge on any atom is 0.308 e. The van der Waals surface area contributed by atoms with Crippen molar-refractivity contribution in [2.75, 3.05) is 7.11 Å². The molecule has 110 valence electrons. The highest BCUT2D eigenvalue weighted by Gasteiger charge is 2.34. The minimum absolute atomic E-state index is 0.297. The van der Waals surface area contributed by atoms with Gasteiger partial charge >= 0.3 is 5.97 Å². The molecule has 2 rings (SSSR count). The average Bonchev–Trinajstić information content (AvgIpc) is 2.41. The molecule has 0 aromatic heterocycles. The molecule has 0 saturated heterocycles. The van der Waals surface area contributed by atoms with Crippen LogP contribution in [0.4, 0.5) is 0 Å². The molecule has 20 heavy (non-hydrogen) atoms. The summed E-state index contributed by atoms with van der Waals surface area (Å²) >= 11 is 0. The monoisotopic (exact) mass is 278 g/mol. The van der Waals surface area contributed by atoms with Crippen molar-refractivity contribution in [3.05, 3.63) is 22.3 Å². The minimum Gasteiger partial charge on any atom is -0.462 e. The Hall–Kier alpha value is -1.55. The van der Waals surface area contributed by atoms with E-state index in [1.807, 2.05) is 27.7 Å². The van der Waals surface area contributed by atoms with Gasteiger partial charge in [0.1, 0.15) is 11.5 Å². The molecule has 0 radical (unpaired) electrons. The fraction of sp³-hybridized carbons (Fsp3) is 0.562. The summed E-state index contributed by atoms with van der Waals surface area (Å²) in [5.41, 5.74) is 4.04. The summed E-state index contributed by atoms with van der Waals surface area (Å²) in [4.78, 5) is 11.3. The van der Waals surface area contributed by atoms with Gasteiger partial charge in [0.2, 0.25) is 5.79 Å². The number of esters is 1. The van der Waals surface area contributed by atoms with Gasteiger partial charge in [-0.3, -0.25) is 4.79 Å². The Labute approximate surface area is 120 Å². The van der Waals surface area contributed by atoms with Crippen LogP contribution < -0.4 is 9.47 Å². The van der Waals surface area contributed by atoms with E-state index in [0.29, 0.717) is 5.75 Å². The zero-order chi connectivity index (χ0) is 15.1. The SMILES string of the molecule is COC1(C)CCc2c(C)c(OC(C)=O)c(C)c(C)c2O1. The summed E-state index contributed by atoms with van der Waals surface area (Å²) in [5, 5.41) is 0. The molecule has 0 saturated carbocycles. The molecule has 0 spiro atoms. The summed E-state index contributed by atoms with van der Waals surface area (Å²) in [6, 6.07) is 0. The fourth-order valence-electron chi connectivity index (χ4n) is 2.65. The van der Waals surface area contributed by atoms with Gasteiger partial charge in [0.15, 0.2) is 0 Å². The zero-order valence-corrected chi connectivity index (χ0v) is 13.0. The average molecular weight is 278 g/mol. The van der Waals surface area contributed by atoms with Gasteiger partial charge in [0, 0.05) is 32.9 Å². The third-order valence-corrected chi connectivity index (χ3v) is 4.14. The van der Waals surface area contributed by atoms with Gasteiger partial charge in [-0.15, -0.1) is 0 Å². The number of hydrogen-bond acceptors (Lipinski definition) is 4. The second-order valence-electron chi connectivity index (χ2n) is 5.55. The molecule has 0 N–H and O–H groups in total. The van der Waals surface area contributed by atoms with Gasteiger partial charge in [0.05, 0.1) is 0 Å². The molecular formula is C16H22O4. The number of benzene rings is 1. The highest BCUT2D eigenvalue weighted by molar-refractivity contribution is 5.72. The molecule has 0 fully saturated rings. The normalized spacial score (nSPS) is 21.1. The lowest BCUT2D eigenvalue weighted by Crippen LogP contribution is -2.38. The van der Waals surface area contributed by atoms with Crippen molar-refractivity contribution in [1.29, 1.82) is 0 Å². The van der Waals surface area contributed by atoms with Crippen LogP contribution in [-0.2, 0) is 16.0 Å². The summed E-state index contributed by atoms with van der Waals surface area (Å²) < 4.78 is 16.9. The number of ether oxygens (including phenoxy) is 3. The molecule has 1 aliphatic heterocycles. The first-order valence-corrected chi connectivity index (χ1v) is 6.84. The van der Waals surface area contributed by atoms with Crippen molar-refractivity contribution in [3.63, 3.8) is 0 Å². The lowest BCUT2D eigenvalue weighted by Gasteiger charge is -2.36. The Bertz CT molecular complexity index is 562. The van der Waals surface area contributed by atoms with Crippen LogP contribution in [-0.4, -0.2) is 18.9 Å². The van der Waals surface area contributed by atoms with Crippen LogP contribution in [0.25, 0.3) is 0 Å². The number of rotatable bonds is 2. The molecule has 1 aromatic carbocycles. The van der Waals surface area contributed by atoms with E-state index in [-0.39, 0.29) is 5.97 Å². The van der Waals surface area contributed by atoms with E-state index >= 15 is 0 Å². The smallest absolute Gasteiger partial charge is 0.308 e. The largest absolute Gasteiger partial charge is 0.462 e. The van der Waals surface area contributed by atoms with Gasteiger partial charge in [0.25, 0.3) is 0 Å². The Kier molecular flexibility index (Phi) is 3.78. The summed E-state index contributed by atoms with van der Waals surface area (Å²) in [6.07, 6.45) is 1.63. The van der Waals surface area contributed by atoms with Crippen LogP contribution in [0.1, 0.15) is 42.5 Å². The maximum absolute atomic E-state index is 11.3. The van der Waals surface area contributed by atoms with Crippen LogP contribution in [0.3, 0.4) is 0 Å².